The fraction of sp³-hybridized carbons (Fsp3) is 0.500. The minimum Gasteiger partial charge on any atom is -0.373 e. The number of hydrogen-bond acceptors (Lipinski definition) is 5. The van der Waals surface area contributed by atoms with Crippen LogP contribution in [0.25, 0.3) is 0 Å². The van der Waals surface area contributed by atoms with Gasteiger partial charge in [0.25, 0.3) is 0 Å². The van der Waals surface area contributed by atoms with E-state index in [9.17, 15) is 10.1 Å². The smallest absolute Gasteiger partial charge is 0.311 e. The summed E-state index contributed by atoms with van der Waals surface area (Å²) in [5, 5.41) is 16.7. The number of nitrogens with one attached hydrogen (secondary N) is 2. The first kappa shape index (κ1) is 12.2. The highest BCUT2D eigenvalue weighted by Gasteiger charge is 2.16. The van der Waals surface area contributed by atoms with E-state index < -0.39 is 4.92 Å². The van der Waals surface area contributed by atoms with Crippen LogP contribution in [-0.2, 0) is 0 Å². The monoisotopic (exact) mass is 224 g/mol. The van der Waals surface area contributed by atoms with E-state index in [0.29, 0.717) is 11.6 Å². The van der Waals surface area contributed by atoms with Crippen LogP contribution >= 0.6 is 0 Å². The molecule has 0 bridgehead atoms. The molecule has 6 nitrogen and oxygen atoms in total. The Balaban J connectivity index is 3.05. The molecule has 0 saturated heterocycles. The second-order valence-corrected chi connectivity index (χ2v) is 3.52. The molecule has 6 heteroatoms. The van der Waals surface area contributed by atoms with E-state index in [1.807, 2.05) is 13.8 Å². The van der Waals surface area contributed by atoms with Crippen LogP contribution < -0.4 is 10.6 Å². The molecule has 1 aromatic rings. The van der Waals surface area contributed by atoms with Crippen molar-refractivity contribution in [3.8, 4) is 0 Å². The van der Waals surface area contributed by atoms with Crippen molar-refractivity contribution >= 4 is 17.3 Å². The van der Waals surface area contributed by atoms with Crippen LogP contribution in [0.5, 0.6) is 0 Å². The Morgan fingerprint density at radius 1 is 1.56 bits per heavy atom. The molecule has 0 aliphatic heterocycles. The SMILES string of the molecule is CCC(C)Nc1nc(NC)ccc1[N+](=O)[O-]. The third-order valence-corrected chi connectivity index (χ3v) is 2.32. The number of hydrogen-bond donors (Lipinski definition) is 2. The number of nitrogens with zero attached hydrogens (tertiary/aromatic N) is 2. The summed E-state index contributed by atoms with van der Waals surface area (Å²) in [6, 6.07) is 3.18. The number of aromatic nitrogens is 1. The van der Waals surface area contributed by atoms with Gasteiger partial charge in [-0.3, -0.25) is 10.1 Å². The van der Waals surface area contributed by atoms with Crippen molar-refractivity contribution in [2.75, 3.05) is 17.7 Å². The first-order chi connectivity index (χ1) is 7.58. The summed E-state index contributed by atoms with van der Waals surface area (Å²) in [6.45, 7) is 3.96. The average Bonchev–Trinajstić information content (AvgIpc) is 2.28. The van der Waals surface area contributed by atoms with Gasteiger partial charge in [0.1, 0.15) is 5.82 Å². The summed E-state index contributed by atoms with van der Waals surface area (Å²) in [4.78, 5) is 14.5. The first-order valence-corrected chi connectivity index (χ1v) is 5.18. The van der Waals surface area contributed by atoms with Crippen LogP contribution in [0.2, 0.25) is 0 Å². The summed E-state index contributed by atoms with van der Waals surface area (Å²) in [6.07, 6.45) is 0.878. The van der Waals surface area contributed by atoms with E-state index in [2.05, 4.69) is 15.6 Å². The Hall–Kier alpha value is -1.85. The lowest BCUT2D eigenvalue weighted by molar-refractivity contribution is -0.384. The maximum absolute atomic E-state index is 10.8. The minimum atomic E-state index is -0.433. The molecule has 1 rings (SSSR count). The van der Waals surface area contributed by atoms with E-state index in [0.717, 1.165) is 6.42 Å². The molecule has 88 valence electrons. The second kappa shape index (κ2) is 5.29. The normalized spacial score (nSPS) is 11.9. The molecule has 0 aliphatic carbocycles. The van der Waals surface area contributed by atoms with Crippen molar-refractivity contribution in [1.29, 1.82) is 0 Å². The van der Waals surface area contributed by atoms with Gasteiger partial charge in [-0.2, -0.15) is 0 Å². The average molecular weight is 224 g/mol. The van der Waals surface area contributed by atoms with Gasteiger partial charge in [0.2, 0.25) is 5.82 Å². The van der Waals surface area contributed by atoms with Crippen LogP contribution in [0.15, 0.2) is 12.1 Å². The first-order valence-electron chi connectivity index (χ1n) is 5.18. The summed E-state index contributed by atoms with van der Waals surface area (Å²) < 4.78 is 0. The lowest BCUT2D eigenvalue weighted by Crippen LogP contribution is -2.16. The van der Waals surface area contributed by atoms with Crippen LogP contribution in [0, 0.1) is 10.1 Å². The Bertz CT molecular complexity index is 381. The van der Waals surface area contributed by atoms with Gasteiger partial charge in [-0.05, 0) is 19.4 Å². The number of rotatable bonds is 5. The summed E-state index contributed by atoms with van der Waals surface area (Å²) in [5.41, 5.74) is -0.000648. The van der Waals surface area contributed by atoms with Crippen molar-refractivity contribution < 1.29 is 4.92 Å². The molecule has 0 aromatic carbocycles. The molecule has 0 fully saturated rings. The fourth-order valence-electron chi connectivity index (χ4n) is 1.18. The Labute approximate surface area is 94.2 Å². The summed E-state index contributed by atoms with van der Waals surface area (Å²) in [7, 11) is 1.72. The Kier molecular flexibility index (Phi) is 4.04. The largest absolute Gasteiger partial charge is 0.373 e. The highest BCUT2D eigenvalue weighted by Crippen LogP contribution is 2.24. The van der Waals surface area contributed by atoms with E-state index in [1.54, 1.807) is 13.1 Å². The molecule has 0 saturated carbocycles. The highest BCUT2D eigenvalue weighted by molar-refractivity contribution is 5.60. The number of pyridine rings is 1. The zero-order chi connectivity index (χ0) is 12.1. The predicted octanol–water partition coefficient (Wildman–Crippen LogP) is 2.24. The van der Waals surface area contributed by atoms with Gasteiger partial charge in [-0.1, -0.05) is 6.92 Å². The third-order valence-electron chi connectivity index (χ3n) is 2.32. The van der Waals surface area contributed by atoms with Crippen molar-refractivity contribution in [2.24, 2.45) is 0 Å². The standard InChI is InChI=1S/C10H16N4O2/c1-4-7(2)12-10-8(14(15)16)5-6-9(11-3)13-10/h5-7H,4H2,1-3H3,(H2,11,12,13). The van der Waals surface area contributed by atoms with Gasteiger partial charge in [0.05, 0.1) is 4.92 Å². The van der Waals surface area contributed by atoms with Gasteiger partial charge in [0.15, 0.2) is 0 Å². The molecule has 1 heterocycles. The third kappa shape index (κ3) is 2.82. The molecule has 0 aliphatic rings. The van der Waals surface area contributed by atoms with Gasteiger partial charge in [-0.25, -0.2) is 4.98 Å². The summed E-state index contributed by atoms with van der Waals surface area (Å²) >= 11 is 0. The van der Waals surface area contributed by atoms with Crippen molar-refractivity contribution in [3.05, 3.63) is 22.2 Å². The lowest BCUT2D eigenvalue weighted by atomic mass is 10.2. The molecule has 1 unspecified atom stereocenters. The summed E-state index contributed by atoms with van der Waals surface area (Å²) in [5.74, 6) is 0.919. The molecule has 1 aromatic heterocycles. The molecule has 16 heavy (non-hydrogen) atoms. The van der Waals surface area contributed by atoms with Crippen molar-refractivity contribution in [1.82, 2.24) is 4.98 Å². The molecular weight excluding hydrogens is 208 g/mol. The van der Waals surface area contributed by atoms with Crippen LogP contribution in [0.3, 0.4) is 0 Å². The van der Waals surface area contributed by atoms with Crippen LogP contribution in [0.4, 0.5) is 17.3 Å². The molecule has 1 atom stereocenters. The van der Waals surface area contributed by atoms with Gasteiger partial charge in [0, 0.05) is 19.2 Å². The van der Waals surface area contributed by atoms with Gasteiger partial charge < -0.3 is 10.6 Å². The fourth-order valence-corrected chi connectivity index (χ4v) is 1.18. The Morgan fingerprint density at radius 2 is 2.25 bits per heavy atom. The second-order valence-electron chi connectivity index (χ2n) is 3.52. The van der Waals surface area contributed by atoms with E-state index >= 15 is 0 Å². The molecule has 0 spiro atoms. The number of nitro groups is 1. The van der Waals surface area contributed by atoms with E-state index in [1.165, 1.54) is 6.07 Å². The zero-order valence-corrected chi connectivity index (χ0v) is 9.65. The maximum Gasteiger partial charge on any atom is 0.311 e. The topological polar surface area (TPSA) is 80.1 Å². The molecule has 0 radical (unpaired) electrons. The number of anilines is 2. The van der Waals surface area contributed by atoms with Gasteiger partial charge in [-0.15, -0.1) is 0 Å². The van der Waals surface area contributed by atoms with Crippen molar-refractivity contribution in [2.45, 2.75) is 26.3 Å². The van der Waals surface area contributed by atoms with Crippen LogP contribution in [0.1, 0.15) is 20.3 Å². The zero-order valence-electron chi connectivity index (χ0n) is 9.65. The van der Waals surface area contributed by atoms with Gasteiger partial charge >= 0.3 is 5.69 Å². The van der Waals surface area contributed by atoms with E-state index in [-0.39, 0.29) is 11.7 Å². The Morgan fingerprint density at radius 3 is 2.75 bits per heavy atom. The predicted molar refractivity (Wildman–Crippen MR) is 63.8 cm³/mol. The van der Waals surface area contributed by atoms with Crippen molar-refractivity contribution in [3.63, 3.8) is 0 Å². The van der Waals surface area contributed by atoms with Crippen LogP contribution in [-0.4, -0.2) is 23.0 Å². The molecule has 2 N–H and O–H groups in total. The lowest BCUT2D eigenvalue weighted by Gasteiger charge is -2.12. The minimum absolute atomic E-state index is 0.000648. The quantitative estimate of drug-likeness (QED) is 0.592. The highest BCUT2D eigenvalue weighted by atomic mass is 16.6. The maximum atomic E-state index is 10.8. The van der Waals surface area contributed by atoms with E-state index in [4.69, 9.17) is 0 Å². The molecular formula is C10H16N4O2. The molecule has 0 amide bonds.